The van der Waals surface area contributed by atoms with Crippen molar-refractivity contribution in [1.29, 1.82) is 0 Å². The normalized spacial score (nSPS) is 11.5. The Bertz CT molecular complexity index is 595. The van der Waals surface area contributed by atoms with E-state index in [0.717, 1.165) is 15.0 Å². The molecule has 18 heavy (non-hydrogen) atoms. The van der Waals surface area contributed by atoms with E-state index in [1.54, 1.807) is 31.6 Å². The largest absolute Gasteiger partial charge is 0.481 e. The van der Waals surface area contributed by atoms with E-state index in [2.05, 4.69) is 25.9 Å². The van der Waals surface area contributed by atoms with Crippen molar-refractivity contribution < 1.29 is 9.90 Å². The van der Waals surface area contributed by atoms with Crippen LogP contribution in [0.5, 0.6) is 0 Å². The summed E-state index contributed by atoms with van der Waals surface area (Å²) < 4.78 is 0.870. The van der Waals surface area contributed by atoms with Crippen molar-refractivity contribution in [3.8, 4) is 10.6 Å². The smallest absolute Gasteiger partial charge is 0.315 e. The number of pyridine rings is 1. The fraction of sp³-hybridized carbons (Fsp3) is 0.250. The minimum atomic E-state index is -0.978. The molecule has 0 spiro atoms. The minimum Gasteiger partial charge on any atom is -0.481 e. The van der Waals surface area contributed by atoms with Gasteiger partial charge in [0.2, 0.25) is 0 Å². The number of aliphatic carboxylic acids is 1. The van der Waals surface area contributed by atoms with Crippen LogP contribution in [0.3, 0.4) is 0 Å². The zero-order valence-electron chi connectivity index (χ0n) is 9.85. The second-order valence-corrected chi connectivity index (χ2v) is 6.13. The molecule has 0 aliphatic carbocycles. The molecule has 2 rings (SSSR count). The predicted octanol–water partition coefficient (Wildman–Crippen LogP) is 3.33. The molecule has 2 aromatic rings. The van der Waals surface area contributed by atoms with Gasteiger partial charge in [-0.15, -0.1) is 11.3 Å². The number of thiazole rings is 1. The van der Waals surface area contributed by atoms with E-state index in [0.29, 0.717) is 5.69 Å². The molecule has 1 N–H and O–H groups in total. The quantitative estimate of drug-likeness (QED) is 0.939. The molecule has 2 aromatic heterocycles. The van der Waals surface area contributed by atoms with Gasteiger partial charge in [0, 0.05) is 27.8 Å². The fourth-order valence-electron chi connectivity index (χ4n) is 1.33. The summed E-state index contributed by atoms with van der Waals surface area (Å²) in [7, 11) is 0. The van der Waals surface area contributed by atoms with Crippen LogP contribution in [-0.2, 0) is 10.2 Å². The molecular formula is C12H11BrN2O2S. The van der Waals surface area contributed by atoms with Gasteiger partial charge in [-0.1, -0.05) is 0 Å². The Morgan fingerprint density at radius 1 is 1.44 bits per heavy atom. The molecule has 0 saturated carbocycles. The first-order chi connectivity index (χ1) is 8.41. The lowest BCUT2D eigenvalue weighted by Gasteiger charge is -2.15. The topological polar surface area (TPSA) is 63.1 Å². The molecule has 4 nitrogen and oxygen atoms in total. The maximum Gasteiger partial charge on any atom is 0.315 e. The van der Waals surface area contributed by atoms with E-state index in [9.17, 15) is 4.79 Å². The molecule has 0 bridgehead atoms. The molecule has 0 aliphatic rings. The molecular weight excluding hydrogens is 316 g/mol. The highest BCUT2D eigenvalue weighted by Crippen LogP contribution is 2.30. The van der Waals surface area contributed by atoms with Crippen LogP contribution < -0.4 is 0 Å². The SMILES string of the molecule is CC(C)(C(=O)O)c1csc(-c2cncc(Br)c2)n1. The zero-order chi connectivity index (χ0) is 13.3. The molecule has 94 valence electrons. The number of aromatic nitrogens is 2. The average molecular weight is 327 g/mol. The van der Waals surface area contributed by atoms with Crippen LogP contribution in [0.4, 0.5) is 0 Å². The first kappa shape index (κ1) is 13.2. The molecule has 6 heteroatoms. The third-order valence-electron chi connectivity index (χ3n) is 2.63. The lowest BCUT2D eigenvalue weighted by Crippen LogP contribution is -2.28. The van der Waals surface area contributed by atoms with Gasteiger partial charge < -0.3 is 5.11 Å². The second kappa shape index (κ2) is 4.78. The van der Waals surface area contributed by atoms with Gasteiger partial charge in [0.15, 0.2) is 0 Å². The van der Waals surface area contributed by atoms with Crippen molar-refractivity contribution in [3.63, 3.8) is 0 Å². The standard InChI is InChI=1S/C12H11BrN2O2S/c1-12(2,11(16)17)9-6-18-10(15-9)7-3-8(13)5-14-4-7/h3-6H,1-2H3,(H,16,17). The number of hydrogen-bond acceptors (Lipinski definition) is 4. The van der Waals surface area contributed by atoms with E-state index >= 15 is 0 Å². The van der Waals surface area contributed by atoms with Crippen molar-refractivity contribution in [3.05, 3.63) is 34.0 Å². The van der Waals surface area contributed by atoms with Gasteiger partial charge in [0.1, 0.15) is 10.4 Å². The lowest BCUT2D eigenvalue weighted by atomic mass is 9.90. The van der Waals surface area contributed by atoms with Gasteiger partial charge in [0.05, 0.1) is 5.69 Å². The Balaban J connectivity index is 2.40. The van der Waals surface area contributed by atoms with E-state index in [1.807, 2.05) is 6.07 Å². The number of carbonyl (C=O) groups is 1. The van der Waals surface area contributed by atoms with E-state index < -0.39 is 11.4 Å². The van der Waals surface area contributed by atoms with Crippen molar-refractivity contribution in [2.24, 2.45) is 0 Å². The fourth-order valence-corrected chi connectivity index (χ4v) is 2.67. The molecule has 2 heterocycles. The van der Waals surface area contributed by atoms with Crippen molar-refractivity contribution >= 4 is 33.2 Å². The van der Waals surface area contributed by atoms with Gasteiger partial charge in [-0.3, -0.25) is 9.78 Å². The Labute approximate surface area is 117 Å². The summed E-state index contributed by atoms with van der Waals surface area (Å²) in [6, 6.07) is 1.91. The minimum absolute atomic E-state index is 0.565. The summed E-state index contributed by atoms with van der Waals surface area (Å²) in [5.41, 5.74) is 0.463. The van der Waals surface area contributed by atoms with Crippen LogP contribution in [0.25, 0.3) is 10.6 Å². The Morgan fingerprint density at radius 3 is 2.78 bits per heavy atom. The number of rotatable bonds is 3. The molecule has 0 aliphatic heterocycles. The first-order valence-corrected chi connectivity index (χ1v) is 6.89. The van der Waals surface area contributed by atoms with Gasteiger partial charge in [-0.2, -0.15) is 0 Å². The maximum absolute atomic E-state index is 11.2. The van der Waals surface area contributed by atoms with Crippen LogP contribution in [-0.4, -0.2) is 21.0 Å². The van der Waals surface area contributed by atoms with Gasteiger partial charge in [0.25, 0.3) is 0 Å². The molecule has 0 amide bonds. The van der Waals surface area contributed by atoms with E-state index in [1.165, 1.54) is 11.3 Å². The summed E-state index contributed by atoms with van der Waals surface area (Å²) in [6.07, 6.45) is 3.40. The maximum atomic E-state index is 11.2. The molecule has 0 atom stereocenters. The molecule has 0 saturated heterocycles. The van der Waals surface area contributed by atoms with Crippen LogP contribution in [0.1, 0.15) is 19.5 Å². The lowest BCUT2D eigenvalue weighted by molar-refractivity contribution is -0.142. The third kappa shape index (κ3) is 2.44. The molecule has 0 fully saturated rings. The summed E-state index contributed by atoms with van der Waals surface area (Å²) in [6.45, 7) is 3.29. The number of carboxylic acid groups (broad SMARTS) is 1. The van der Waals surface area contributed by atoms with Crippen molar-refractivity contribution in [2.45, 2.75) is 19.3 Å². The van der Waals surface area contributed by atoms with E-state index in [-0.39, 0.29) is 0 Å². The number of carboxylic acids is 1. The summed E-state index contributed by atoms with van der Waals surface area (Å²) in [5, 5.41) is 11.7. The average Bonchev–Trinajstić information content (AvgIpc) is 2.78. The van der Waals surface area contributed by atoms with Crippen LogP contribution in [0.2, 0.25) is 0 Å². The second-order valence-electron chi connectivity index (χ2n) is 4.36. The van der Waals surface area contributed by atoms with Crippen molar-refractivity contribution in [1.82, 2.24) is 9.97 Å². The van der Waals surface area contributed by atoms with Gasteiger partial charge in [-0.05, 0) is 35.8 Å². The van der Waals surface area contributed by atoms with Gasteiger partial charge in [-0.25, -0.2) is 4.98 Å². The zero-order valence-corrected chi connectivity index (χ0v) is 12.2. The first-order valence-electron chi connectivity index (χ1n) is 5.21. The number of nitrogens with zero attached hydrogens (tertiary/aromatic N) is 2. The monoisotopic (exact) mass is 326 g/mol. The Hall–Kier alpha value is -1.27. The Kier molecular flexibility index (Phi) is 3.49. The van der Waals surface area contributed by atoms with Crippen molar-refractivity contribution in [2.75, 3.05) is 0 Å². The number of halogens is 1. The van der Waals surface area contributed by atoms with Crippen LogP contribution in [0, 0.1) is 0 Å². The molecule has 0 aromatic carbocycles. The number of hydrogen-bond donors (Lipinski definition) is 1. The predicted molar refractivity (Wildman–Crippen MR) is 73.7 cm³/mol. The van der Waals surface area contributed by atoms with Gasteiger partial charge >= 0.3 is 5.97 Å². The highest BCUT2D eigenvalue weighted by Gasteiger charge is 2.32. The highest BCUT2D eigenvalue weighted by atomic mass is 79.9. The van der Waals surface area contributed by atoms with Crippen LogP contribution >= 0.6 is 27.3 Å². The Morgan fingerprint density at radius 2 is 2.17 bits per heavy atom. The van der Waals surface area contributed by atoms with Crippen LogP contribution in [0.15, 0.2) is 28.3 Å². The molecule has 0 unspecified atom stereocenters. The molecule has 0 radical (unpaired) electrons. The van der Waals surface area contributed by atoms with E-state index in [4.69, 9.17) is 5.11 Å². The summed E-state index contributed by atoms with van der Waals surface area (Å²) in [5.74, 6) is -0.883. The summed E-state index contributed by atoms with van der Waals surface area (Å²) >= 11 is 4.77. The third-order valence-corrected chi connectivity index (χ3v) is 3.96. The highest BCUT2D eigenvalue weighted by molar-refractivity contribution is 9.10. The summed E-state index contributed by atoms with van der Waals surface area (Å²) in [4.78, 5) is 19.6.